The number of benzene rings is 2. The van der Waals surface area contributed by atoms with Crippen molar-refractivity contribution in [3.8, 4) is 17.6 Å². The number of halogens is 1. The SMILES string of the molecule is COc1ccc(S(=O)(=O)Nc2ccc(Cl)cc2C#Cc2ccc(C(=O)N(C)C)nc2)c2ncccc12. The first-order valence-corrected chi connectivity index (χ1v) is 12.5. The van der Waals surface area contributed by atoms with Crippen molar-refractivity contribution < 1.29 is 17.9 Å². The Morgan fingerprint density at radius 3 is 2.56 bits per heavy atom. The van der Waals surface area contributed by atoms with Crippen LogP contribution in [0.25, 0.3) is 10.9 Å². The van der Waals surface area contributed by atoms with Gasteiger partial charge in [0.1, 0.15) is 16.3 Å². The molecule has 0 saturated heterocycles. The Morgan fingerprint density at radius 2 is 1.86 bits per heavy atom. The molecule has 0 fully saturated rings. The topological polar surface area (TPSA) is 101 Å². The summed E-state index contributed by atoms with van der Waals surface area (Å²) in [5.41, 5.74) is 1.74. The van der Waals surface area contributed by atoms with Crippen molar-refractivity contribution in [1.82, 2.24) is 14.9 Å². The molecule has 36 heavy (non-hydrogen) atoms. The molecule has 1 amide bonds. The van der Waals surface area contributed by atoms with Crippen molar-refractivity contribution in [3.05, 3.63) is 88.8 Å². The summed E-state index contributed by atoms with van der Waals surface area (Å²) in [6.07, 6.45) is 3.00. The van der Waals surface area contributed by atoms with Crippen LogP contribution in [0.2, 0.25) is 5.02 Å². The van der Waals surface area contributed by atoms with Crippen LogP contribution in [0.15, 0.2) is 71.9 Å². The standard InChI is InChI=1S/C26H21ClN4O4S/c1-31(2)26(32)22-10-7-17(16-29-22)6-8-18-15-19(27)9-11-21(18)30-36(33,34)24-13-12-23(35-3)20-5-4-14-28-25(20)24/h4-5,7,9-16,30H,1-3H3. The maximum absolute atomic E-state index is 13.4. The number of carbonyl (C=O) groups is 1. The number of hydrogen-bond donors (Lipinski definition) is 1. The fraction of sp³-hybridized carbons (Fsp3) is 0.115. The largest absolute Gasteiger partial charge is 0.496 e. The van der Waals surface area contributed by atoms with E-state index < -0.39 is 10.0 Å². The van der Waals surface area contributed by atoms with Crippen LogP contribution in [0.1, 0.15) is 21.6 Å². The molecular weight excluding hydrogens is 500 g/mol. The Morgan fingerprint density at radius 1 is 1.06 bits per heavy atom. The lowest BCUT2D eigenvalue weighted by molar-refractivity contribution is 0.0822. The minimum Gasteiger partial charge on any atom is -0.496 e. The number of ether oxygens (including phenoxy) is 1. The van der Waals surface area contributed by atoms with E-state index in [9.17, 15) is 13.2 Å². The van der Waals surface area contributed by atoms with E-state index in [-0.39, 0.29) is 22.0 Å². The quantitative estimate of drug-likeness (QED) is 0.396. The number of methoxy groups -OCH3 is 1. The molecule has 4 rings (SSSR count). The average molecular weight is 521 g/mol. The van der Waals surface area contributed by atoms with E-state index in [1.54, 1.807) is 62.6 Å². The first-order valence-electron chi connectivity index (χ1n) is 10.6. The average Bonchev–Trinajstić information content (AvgIpc) is 2.87. The van der Waals surface area contributed by atoms with Gasteiger partial charge in [-0.1, -0.05) is 23.4 Å². The molecule has 182 valence electrons. The number of nitrogens with zero attached hydrogens (tertiary/aromatic N) is 3. The van der Waals surface area contributed by atoms with Gasteiger partial charge in [0.15, 0.2) is 0 Å². The predicted molar refractivity (Wildman–Crippen MR) is 139 cm³/mol. The van der Waals surface area contributed by atoms with Gasteiger partial charge in [0.25, 0.3) is 15.9 Å². The number of aromatic nitrogens is 2. The Kier molecular flexibility index (Phi) is 7.10. The molecule has 0 atom stereocenters. The van der Waals surface area contributed by atoms with Gasteiger partial charge in [-0.3, -0.25) is 14.5 Å². The third kappa shape index (κ3) is 5.25. The lowest BCUT2D eigenvalue weighted by atomic mass is 10.1. The third-order valence-electron chi connectivity index (χ3n) is 5.16. The zero-order chi connectivity index (χ0) is 25.9. The number of nitrogens with one attached hydrogen (secondary N) is 1. The van der Waals surface area contributed by atoms with Gasteiger partial charge in [-0.05, 0) is 54.6 Å². The number of rotatable bonds is 5. The second kappa shape index (κ2) is 10.2. The molecule has 0 spiro atoms. The van der Waals surface area contributed by atoms with Gasteiger partial charge in [-0.2, -0.15) is 0 Å². The van der Waals surface area contributed by atoms with Crippen LogP contribution < -0.4 is 9.46 Å². The van der Waals surface area contributed by atoms with Crippen LogP contribution in [0.4, 0.5) is 5.69 Å². The van der Waals surface area contributed by atoms with Crippen LogP contribution in [0.3, 0.4) is 0 Å². The second-order valence-electron chi connectivity index (χ2n) is 7.84. The van der Waals surface area contributed by atoms with Gasteiger partial charge in [-0.15, -0.1) is 0 Å². The first-order chi connectivity index (χ1) is 17.2. The van der Waals surface area contributed by atoms with Crippen molar-refractivity contribution in [2.45, 2.75) is 4.90 Å². The molecule has 0 bridgehead atoms. The van der Waals surface area contributed by atoms with Crippen LogP contribution >= 0.6 is 11.6 Å². The highest BCUT2D eigenvalue weighted by Crippen LogP contribution is 2.31. The highest BCUT2D eigenvalue weighted by molar-refractivity contribution is 7.93. The fourth-order valence-electron chi connectivity index (χ4n) is 3.39. The Labute approximate surface area is 214 Å². The van der Waals surface area contributed by atoms with Gasteiger partial charge in [0.05, 0.1) is 23.9 Å². The highest BCUT2D eigenvalue weighted by Gasteiger charge is 2.21. The minimum atomic E-state index is -4.04. The molecular formula is C26H21ClN4O4S. The molecule has 2 aromatic heterocycles. The first kappa shape index (κ1) is 25.0. The van der Waals surface area contributed by atoms with Gasteiger partial charge in [0, 0.05) is 42.5 Å². The van der Waals surface area contributed by atoms with Crippen molar-refractivity contribution in [1.29, 1.82) is 0 Å². The van der Waals surface area contributed by atoms with E-state index in [1.165, 1.54) is 30.5 Å². The normalized spacial score (nSPS) is 10.9. The van der Waals surface area contributed by atoms with Crippen LogP contribution in [0.5, 0.6) is 5.75 Å². The number of carbonyl (C=O) groups excluding carboxylic acids is 1. The van der Waals surface area contributed by atoms with Crippen LogP contribution in [-0.4, -0.2) is 50.4 Å². The summed E-state index contributed by atoms with van der Waals surface area (Å²) < 4.78 is 34.7. The predicted octanol–water partition coefficient (Wildman–Crippen LogP) is 4.19. The summed E-state index contributed by atoms with van der Waals surface area (Å²) in [5.74, 6) is 6.17. The third-order valence-corrected chi connectivity index (χ3v) is 6.79. The number of amides is 1. The molecule has 1 N–H and O–H groups in total. The van der Waals surface area contributed by atoms with Crippen molar-refractivity contribution >= 4 is 44.1 Å². The molecule has 0 aliphatic rings. The van der Waals surface area contributed by atoms with Crippen molar-refractivity contribution in [2.75, 3.05) is 25.9 Å². The molecule has 2 aromatic carbocycles. The van der Waals surface area contributed by atoms with E-state index in [2.05, 4.69) is 26.5 Å². The molecule has 4 aromatic rings. The lowest BCUT2D eigenvalue weighted by Gasteiger charge is -2.13. The fourth-order valence-corrected chi connectivity index (χ4v) is 4.80. The highest BCUT2D eigenvalue weighted by atomic mass is 35.5. The van der Waals surface area contributed by atoms with Gasteiger partial charge < -0.3 is 9.64 Å². The van der Waals surface area contributed by atoms with Crippen LogP contribution in [0, 0.1) is 11.8 Å². The minimum absolute atomic E-state index is 0.00175. The summed E-state index contributed by atoms with van der Waals surface area (Å²) in [6.45, 7) is 0. The Bertz CT molecular complexity index is 1630. The lowest BCUT2D eigenvalue weighted by Crippen LogP contribution is -2.22. The molecule has 2 heterocycles. The smallest absolute Gasteiger partial charge is 0.271 e. The molecule has 0 unspecified atom stereocenters. The van der Waals surface area contributed by atoms with Crippen LogP contribution in [-0.2, 0) is 10.0 Å². The Hall–Kier alpha value is -4.13. The number of fused-ring (bicyclic) bond motifs is 1. The Balaban J connectivity index is 1.69. The van der Waals surface area contributed by atoms with Gasteiger partial charge in [-0.25, -0.2) is 13.4 Å². The van der Waals surface area contributed by atoms with Crippen molar-refractivity contribution in [3.63, 3.8) is 0 Å². The van der Waals surface area contributed by atoms with E-state index in [0.717, 1.165) is 0 Å². The number of sulfonamides is 1. The van der Waals surface area contributed by atoms with E-state index in [4.69, 9.17) is 16.3 Å². The summed E-state index contributed by atoms with van der Waals surface area (Å²) in [4.78, 5) is 21.9. The number of anilines is 1. The van der Waals surface area contributed by atoms with E-state index in [1.807, 2.05) is 0 Å². The molecule has 0 aliphatic heterocycles. The van der Waals surface area contributed by atoms with Gasteiger partial charge >= 0.3 is 0 Å². The summed E-state index contributed by atoms with van der Waals surface area (Å²) in [6, 6.07) is 14.4. The van der Waals surface area contributed by atoms with E-state index in [0.29, 0.717) is 33.0 Å². The molecule has 10 heteroatoms. The maximum atomic E-state index is 13.4. The molecule has 8 nitrogen and oxygen atoms in total. The molecule has 0 aliphatic carbocycles. The second-order valence-corrected chi connectivity index (χ2v) is 9.93. The molecule has 0 radical (unpaired) electrons. The summed E-state index contributed by atoms with van der Waals surface area (Å²) in [7, 11) is 0.756. The number of pyridine rings is 2. The van der Waals surface area contributed by atoms with E-state index >= 15 is 0 Å². The number of hydrogen-bond acceptors (Lipinski definition) is 6. The zero-order valence-electron chi connectivity index (χ0n) is 19.6. The summed E-state index contributed by atoms with van der Waals surface area (Å²) in [5, 5.41) is 0.964. The molecule has 0 saturated carbocycles. The zero-order valence-corrected chi connectivity index (χ0v) is 21.2. The maximum Gasteiger partial charge on any atom is 0.271 e. The monoisotopic (exact) mass is 520 g/mol. The van der Waals surface area contributed by atoms with Gasteiger partial charge in [0.2, 0.25) is 0 Å². The summed E-state index contributed by atoms with van der Waals surface area (Å²) >= 11 is 6.16. The van der Waals surface area contributed by atoms with Crippen molar-refractivity contribution in [2.24, 2.45) is 0 Å².